The number of rotatable bonds is 4. The maximum absolute atomic E-state index is 11.1. The smallest absolute Gasteiger partial charge is 0.247 e. The fourth-order valence-electron chi connectivity index (χ4n) is 2.08. The molecule has 19 heavy (non-hydrogen) atoms. The molecular weight excluding hydrogens is 312 g/mol. The van der Waals surface area contributed by atoms with E-state index in [0.717, 1.165) is 10.0 Å². The molecule has 1 aliphatic heterocycles. The number of nitrogens with zero attached hydrogens (tertiary/aromatic N) is 1. The number of nitrogens with two attached hydrogens (primary N) is 1. The third-order valence-corrected chi connectivity index (χ3v) is 3.68. The molecule has 0 aromatic heterocycles. The van der Waals surface area contributed by atoms with Crippen LogP contribution in [0.3, 0.4) is 0 Å². The highest BCUT2D eigenvalue weighted by atomic mass is 79.9. The highest BCUT2D eigenvalue weighted by Gasteiger charge is 2.26. The van der Waals surface area contributed by atoms with E-state index < -0.39 is 18.1 Å². The molecule has 5 nitrogen and oxygen atoms in total. The standard InChI is InChI=1S/C13H17BrN2O3/c14-10-3-1-9(2-4-10)11(17)7-16-5-6-19-12(8-16)13(15)18/h1-4,11-12,17H,5-8H2,(H2,15,18)/t11-,12-/m0/s1. The van der Waals surface area contributed by atoms with Crippen molar-refractivity contribution in [3.63, 3.8) is 0 Å². The Morgan fingerprint density at radius 3 is 2.84 bits per heavy atom. The van der Waals surface area contributed by atoms with Gasteiger partial charge in [0, 0.05) is 24.1 Å². The van der Waals surface area contributed by atoms with E-state index >= 15 is 0 Å². The first kappa shape index (κ1) is 14.5. The van der Waals surface area contributed by atoms with Gasteiger partial charge < -0.3 is 15.6 Å². The lowest BCUT2D eigenvalue weighted by molar-refractivity contribution is -0.135. The van der Waals surface area contributed by atoms with Crippen LogP contribution in [0.4, 0.5) is 0 Å². The molecule has 0 aliphatic carbocycles. The molecule has 0 spiro atoms. The van der Waals surface area contributed by atoms with Gasteiger partial charge in [-0.25, -0.2) is 0 Å². The second-order valence-electron chi connectivity index (χ2n) is 4.59. The molecule has 1 aromatic rings. The third-order valence-electron chi connectivity index (χ3n) is 3.15. The zero-order valence-corrected chi connectivity index (χ0v) is 12.0. The molecule has 0 unspecified atom stereocenters. The number of morpholine rings is 1. The number of hydrogen-bond donors (Lipinski definition) is 2. The van der Waals surface area contributed by atoms with Gasteiger partial charge in [-0.3, -0.25) is 9.69 Å². The maximum Gasteiger partial charge on any atom is 0.247 e. The minimum absolute atomic E-state index is 0.433. The van der Waals surface area contributed by atoms with Crippen molar-refractivity contribution in [3.05, 3.63) is 34.3 Å². The Kier molecular flexibility index (Phi) is 4.93. The number of aliphatic hydroxyl groups is 1. The second-order valence-corrected chi connectivity index (χ2v) is 5.50. The van der Waals surface area contributed by atoms with E-state index in [-0.39, 0.29) is 0 Å². The van der Waals surface area contributed by atoms with Crippen LogP contribution in [0.25, 0.3) is 0 Å². The van der Waals surface area contributed by atoms with Gasteiger partial charge >= 0.3 is 0 Å². The SMILES string of the molecule is NC(=O)[C@@H]1CN(C[C@H](O)c2ccc(Br)cc2)CCO1. The van der Waals surface area contributed by atoms with Crippen molar-refractivity contribution < 1.29 is 14.6 Å². The number of β-amino-alcohol motifs (C(OH)–C–C–N with tert-alkyl or cyclic N) is 1. The predicted octanol–water partition coefficient (Wildman–Crippen LogP) is 0.669. The summed E-state index contributed by atoms with van der Waals surface area (Å²) in [5.74, 6) is -0.456. The average molecular weight is 329 g/mol. The molecule has 1 fully saturated rings. The lowest BCUT2D eigenvalue weighted by Gasteiger charge is -2.32. The van der Waals surface area contributed by atoms with Crippen molar-refractivity contribution in [2.75, 3.05) is 26.2 Å². The number of ether oxygens (including phenoxy) is 1. The van der Waals surface area contributed by atoms with Crippen molar-refractivity contribution in [3.8, 4) is 0 Å². The number of halogens is 1. The fourth-order valence-corrected chi connectivity index (χ4v) is 2.34. The monoisotopic (exact) mass is 328 g/mol. The van der Waals surface area contributed by atoms with Crippen LogP contribution in [0.5, 0.6) is 0 Å². The quantitative estimate of drug-likeness (QED) is 0.851. The van der Waals surface area contributed by atoms with E-state index in [0.29, 0.717) is 26.2 Å². The minimum Gasteiger partial charge on any atom is -0.387 e. The molecule has 1 aromatic carbocycles. The van der Waals surface area contributed by atoms with Crippen LogP contribution in [0.2, 0.25) is 0 Å². The van der Waals surface area contributed by atoms with Crippen LogP contribution >= 0.6 is 15.9 Å². The largest absolute Gasteiger partial charge is 0.387 e. The van der Waals surface area contributed by atoms with Gasteiger partial charge in [0.05, 0.1) is 12.7 Å². The molecular formula is C13H17BrN2O3. The molecule has 0 radical (unpaired) electrons. The van der Waals surface area contributed by atoms with Gasteiger partial charge in [0.15, 0.2) is 0 Å². The molecule has 0 saturated carbocycles. The number of hydrogen-bond acceptors (Lipinski definition) is 4. The Morgan fingerprint density at radius 1 is 1.53 bits per heavy atom. The third kappa shape index (κ3) is 4.01. The Hall–Kier alpha value is -0.950. The summed E-state index contributed by atoms with van der Waals surface area (Å²) in [6.45, 7) is 2.05. The van der Waals surface area contributed by atoms with Crippen molar-refractivity contribution >= 4 is 21.8 Å². The van der Waals surface area contributed by atoms with Gasteiger partial charge in [-0.15, -0.1) is 0 Å². The number of carbonyl (C=O) groups is 1. The van der Waals surface area contributed by atoms with Crippen molar-refractivity contribution in [2.24, 2.45) is 5.73 Å². The highest BCUT2D eigenvalue weighted by Crippen LogP contribution is 2.18. The van der Waals surface area contributed by atoms with Crippen molar-refractivity contribution in [1.29, 1.82) is 0 Å². The number of carbonyl (C=O) groups excluding carboxylic acids is 1. The Labute approximate surface area is 120 Å². The van der Waals surface area contributed by atoms with E-state index in [4.69, 9.17) is 10.5 Å². The van der Waals surface area contributed by atoms with Crippen LogP contribution < -0.4 is 5.73 Å². The van der Waals surface area contributed by atoms with Crippen molar-refractivity contribution in [2.45, 2.75) is 12.2 Å². The van der Waals surface area contributed by atoms with E-state index in [1.807, 2.05) is 29.2 Å². The highest BCUT2D eigenvalue weighted by molar-refractivity contribution is 9.10. The second kappa shape index (κ2) is 6.47. The minimum atomic E-state index is -0.584. The summed E-state index contributed by atoms with van der Waals surface area (Å²) < 4.78 is 6.24. The summed E-state index contributed by atoms with van der Waals surface area (Å²) in [4.78, 5) is 13.1. The fraction of sp³-hybridized carbons (Fsp3) is 0.462. The summed E-state index contributed by atoms with van der Waals surface area (Å²) >= 11 is 3.36. The average Bonchev–Trinajstić information content (AvgIpc) is 2.39. The number of amides is 1. The summed E-state index contributed by atoms with van der Waals surface area (Å²) in [5, 5.41) is 10.2. The van der Waals surface area contributed by atoms with Gasteiger partial charge in [-0.05, 0) is 17.7 Å². The van der Waals surface area contributed by atoms with Gasteiger partial charge in [0.25, 0.3) is 0 Å². The summed E-state index contributed by atoms with van der Waals surface area (Å²) in [6.07, 6.45) is -1.16. The van der Waals surface area contributed by atoms with Crippen LogP contribution in [-0.4, -0.2) is 48.3 Å². The Bertz CT molecular complexity index is 438. The molecule has 1 aliphatic rings. The van der Waals surface area contributed by atoms with Crippen LogP contribution in [0.15, 0.2) is 28.7 Å². The molecule has 1 saturated heterocycles. The molecule has 2 rings (SSSR count). The van der Waals surface area contributed by atoms with Gasteiger partial charge in [0.1, 0.15) is 6.10 Å². The molecule has 1 amide bonds. The van der Waals surface area contributed by atoms with E-state index in [1.165, 1.54) is 0 Å². The predicted molar refractivity (Wildman–Crippen MR) is 74.5 cm³/mol. The van der Waals surface area contributed by atoms with Crippen LogP contribution in [0.1, 0.15) is 11.7 Å². The van der Waals surface area contributed by atoms with Crippen LogP contribution in [-0.2, 0) is 9.53 Å². The lowest BCUT2D eigenvalue weighted by atomic mass is 10.1. The number of benzene rings is 1. The number of primary amides is 1. The van der Waals surface area contributed by atoms with Gasteiger partial charge in [0.2, 0.25) is 5.91 Å². The zero-order chi connectivity index (χ0) is 13.8. The van der Waals surface area contributed by atoms with Gasteiger partial charge in [-0.2, -0.15) is 0 Å². The summed E-state index contributed by atoms with van der Waals surface area (Å²) in [7, 11) is 0. The lowest BCUT2D eigenvalue weighted by Crippen LogP contribution is -2.49. The maximum atomic E-state index is 11.1. The number of aliphatic hydroxyl groups excluding tert-OH is 1. The molecule has 104 valence electrons. The zero-order valence-electron chi connectivity index (χ0n) is 10.5. The first-order valence-corrected chi connectivity index (χ1v) is 6.92. The topological polar surface area (TPSA) is 75.8 Å². The van der Waals surface area contributed by atoms with Crippen LogP contribution in [0, 0.1) is 0 Å². The van der Waals surface area contributed by atoms with E-state index in [1.54, 1.807) is 0 Å². The van der Waals surface area contributed by atoms with E-state index in [9.17, 15) is 9.90 Å². The first-order chi connectivity index (χ1) is 9.06. The molecule has 2 atom stereocenters. The normalized spacial score (nSPS) is 22.1. The van der Waals surface area contributed by atoms with Gasteiger partial charge in [-0.1, -0.05) is 28.1 Å². The summed E-state index contributed by atoms with van der Waals surface area (Å²) in [6, 6.07) is 7.54. The molecule has 3 N–H and O–H groups in total. The Morgan fingerprint density at radius 2 is 2.21 bits per heavy atom. The van der Waals surface area contributed by atoms with E-state index in [2.05, 4.69) is 15.9 Å². The van der Waals surface area contributed by atoms with Crippen molar-refractivity contribution in [1.82, 2.24) is 4.90 Å². The molecule has 6 heteroatoms. The first-order valence-electron chi connectivity index (χ1n) is 6.13. The molecule has 0 bridgehead atoms. The summed E-state index contributed by atoms with van der Waals surface area (Å²) in [5.41, 5.74) is 6.08. The Balaban J connectivity index is 1.93. The molecule has 1 heterocycles.